The fraction of sp³-hybridized carbons (Fsp3) is 0.0714. The largest absolute Gasteiger partial charge is 0.494 e. The molecule has 3 nitrogen and oxygen atoms in total. The molecule has 2 heterocycles. The van der Waals surface area contributed by atoms with Crippen LogP contribution in [-0.4, -0.2) is 14.5 Å². The summed E-state index contributed by atoms with van der Waals surface area (Å²) in [6, 6.07) is 9.66. The van der Waals surface area contributed by atoms with Crippen LogP contribution in [0.4, 0.5) is 13.2 Å². The minimum Gasteiger partial charge on any atom is -0.494 e. The molecule has 0 unspecified atom stereocenters. The molecule has 6 heteroatoms. The van der Waals surface area contributed by atoms with E-state index in [2.05, 4.69) is 4.98 Å². The minimum absolute atomic E-state index is 0.0765. The Labute approximate surface area is 111 Å². The van der Waals surface area contributed by atoms with Gasteiger partial charge in [0.15, 0.2) is 5.88 Å². The first-order chi connectivity index (χ1) is 9.47. The van der Waals surface area contributed by atoms with E-state index in [0.717, 1.165) is 12.1 Å². The summed E-state index contributed by atoms with van der Waals surface area (Å²) in [5.74, 6) is 0.191. The molecular weight excluding hydrogens is 269 g/mol. The van der Waals surface area contributed by atoms with Gasteiger partial charge in [-0.05, 0) is 24.3 Å². The first-order valence-electron chi connectivity index (χ1n) is 5.80. The normalized spacial score (nSPS) is 11.9. The number of nitrogens with zero attached hydrogens (tertiary/aromatic N) is 2. The van der Waals surface area contributed by atoms with Crippen molar-refractivity contribution >= 4 is 5.52 Å². The van der Waals surface area contributed by atoms with Crippen molar-refractivity contribution in [2.75, 3.05) is 0 Å². The molecule has 1 aromatic carbocycles. The van der Waals surface area contributed by atoms with Crippen LogP contribution >= 0.6 is 0 Å². The maximum absolute atomic E-state index is 12.7. The Morgan fingerprint density at radius 2 is 1.80 bits per heavy atom. The summed E-state index contributed by atoms with van der Waals surface area (Å²) in [4.78, 5) is 4.09. The Balaban J connectivity index is 2.22. The summed E-state index contributed by atoms with van der Waals surface area (Å²) in [5.41, 5.74) is 0.154. The summed E-state index contributed by atoms with van der Waals surface area (Å²) >= 11 is 0. The average Bonchev–Trinajstić information content (AvgIpc) is 2.83. The van der Waals surface area contributed by atoms with Crippen LogP contribution in [0.1, 0.15) is 5.56 Å². The van der Waals surface area contributed by atoms with E-state index < -0.39 is 11.7 Å². The SMILES string of the molecule is Oc1cccc2cnc(-c3cccc(C(F)(F)F)c3)n12. The number of rotatable bonds is 1. The van der Waals surface area contributed by atoms with Gasteiger partial charge < -0.3 is 5.11 Å². The van der Waals surface area contributed by atoms with Crippen LogP contribution in [0, 0.1) is 0 Å². The van der Waals surface area contributed by atoms with Crippen molar-refractivity contribution in [1.29, 1.82) is 0 Å². The van der Waals surface area contributed by atoms with E-state index in [-0.39, 0.29) is 11.7 Å². The van der Waals surface area contributed by atoms with Crippen LogP contribution in [0.15, 0.2) is 48.7 Å². The van der Waals surface area contributed by atoms with Crippen LogP contribution in [0.5, 0.6) is 5.88 Å². The fourth-order valence-electron chi connectivity index (χ4n) is 2.07. The highest BCUT2D eigenvalue weighted by Gasteiger charge is 2.30. The van der Waals surface area contributed by atoms with E-state index >= 15 is 0 Å². The number of hydrogen-bond acceptors (Lipinski definition) is 2. The van der Waals surface area contributed by atoms with Gasteiger partial charge in [0, 0.05) is 5.56 Å². The van der Waals surface area contributed by atoms with Crippen molar-refractivity contribution in [3.8, 4) is 17.3 Å². The van der Waals surface area contributed by atoms with Crippen LogP contribution in [0.3, 0.4) is 0 Å². The zero-order valence-electron chi connectivity index (χ0n) is 10.1. The summed E-state index contributed by atoms with van der Waals surface area (Å²) < 4.78 is 39.6. The maximum Gasteiger partial charge on any atom is 0.416 e. The molecule has 1 N–H and O–H groups in total. The molecule has 0 aliphatic heterocycles. The van der Waals surface area contributed by atoms with Gasteiger partial charge in [-0.1, -0.05) is 18.2 Å². The number of aromatic nitrogens is 2. The van der Waals surface area contributed by atoms with Gasteiger partial charge in [0.1, 0.15) is 5.82 Å². The van der Waals surface area contributed by atoms with Crippen molar-refractivity contribution in [3.05, 3.63) is 54.2 Å². The van der Waals surface area contributed by atoms with Crippen LogP contribution in [0.25, 0.3) is 16.9 Å². The average molecular weight is 278 g/mol. The van der Waals surface area contributed by atoms with Crippen LogP contribution in [0.2, 0.25) is 0 Å². The number of pyridine rings is 1. The second-order valence-corrected chi connectivity index (χ2v) is 4.30. The molecule has 0 aliphatic rings. The van der Waals surface area contributed by atoms with Gasteiger partial charge in [-0.2, -0.15) is 13.2 Å². The molecule has 0 bridgehead atoms. The Morgan fingerprint density at radius 1 is 1.05 bits per heavy atom. The number of benzene rings is 1. The molecule has 3 aromatic rings. The monoisotopic (exact) mass is 278 g/mol. The smallest absolute Gasteiger partial charge is 0.416 e. The van der Waals surface area contributed by atoms with Crippen LogP contribution in [-0.2, 0) is 6.18 Å². The molecule has 0 spiro atoms. The molecule has 3 rings (SSSR count). The lowest BCUT2D eigenvalue weighted by Gasteiger charge is -2.09. The third-order valence-electron chi connectivity index (χ3n) is 2.98. The van der Waals surface area contributed by atoms with Crippen molar-refractivity contribution in [2.24, 2.45) is 0 Å². The van der Waals surface area contributed by atoms with E-state index in [1.807, 2.05) is 0 Å². The second kappa shape index (κ2) is 4.26. The highest BCUT2D eigenvalue weighted by atomic mass is 19.4. The molecule has 2 aromatic heterocycles. The van der Waals surface area contributed by atoms with E-state index in [4.69, 9.17) is 0 Å². The Morgan fingerprint density at radius 3 is 2.55 bits per heavy atom. The molecule has 0 amide bonds. The van der Waals surface area contributed by atoms with E-state index in [1.165, 1.54) is 28.8 Å². The van der Waals surface area contributed by atoms with Gasteiger partial charge >= 0.3 is 6.18 Å². The molecule has 0 saturated carbocycles. The number of hydrogen-bond donors (Lipinski definition) is 1. The predicted octanol–water partition coefficient (Wildman–Crippen LogP) is 3.73. The predicted molar refractivity (Wildman–Crippen MR) is 67.3 cm³/mol. The summed E-state index contributed by atoms with van der Waals surface area (Å²) in [6.45, 7) is 0. The first-order valence-corrected chi connectivity index (χ1v) is 5.80. The van der Waals surface area contributed by atoms with Gasteiger partial charge in [0.05, 0.1) is 17.3 Å². The van der Waals surface area contributed by atoms with Crippen LogP contribution < -0.4 is 0 Å². The van der Waals surface area contributed by atoms with E-state index in [1.54, 1.807) is 12.1 Å². The third-order valence-corrected chi connectivity index (χ3v) is 2.98. The quantitative estimate of drug-likeness (QED) is 0.736. The molecule has 0 atom stereocenters. The number of fused-ring (bicyclic) bond motifs is 1. The second-order valence-electron chi connectivity index (χ2n) is 4.30. The Kier molecular flexibility index (Phi) is 2.67. The minimum atomic E-state index is -4.41. The van der Waals surface area contributed by atoms with Gasteiger partial charge in [-0.25, -0.2) is 4.98 Å². The van der Waals surface area contributed by atoms with Crippen molar-refractivity contribution in [2.45, 2.75) is 6.18 Å². The topological polar surface area (TPSA) is 37.5 Å². The third kappa shape index (κ3) is 1.99. The Bertz CT molecular complexity index is 777. The van der Waals surface area contributed by atoms with Crippen molar-refractivity contribution in [3.63, 3.8) is 0 Å². The number of imidazole rings is 1. The molecule has 20 heavy (non-hydrogen) atoms. The number of aromatic hydroxyl groups is 1. The van der Waals surface area contributed by atoms with E-state index in [0.29, 0.717) is 11.1 Å². The molecule has 0 saturated heterocycles. The molecule has 0 aliphatic carbocycles. The van der Waals surface area contributed by atoms with Crippen molar-refractivity contribution < 1.29 is 18.3 Å². The van der Waals surface area contributed by atoms with Gasteiger partial charge in [-0.3, -0.25) is 4.40 Å². The molecular formula is C14H9F3N2O. The number of halogens is 3. The lowest BCUT2D eigenvalue weighted by atomic mass is 10.1. The standard InChI is InChI=1S/C14H9F3N2O/c15-14(16,17)10-4-1-3-9(7-10)13-18-8-11-5-2-6-12(20)19(11)13/h1-8,20H. The zero-order chi connectivity index (χ0) is 14.3. The van der Waals surface area contributed by atoms with Gasteiger partial charge in [0.2, 0.25) is 0 Å². The molecule has 0 fully saturated rings. The lowest BCUT2D eigenvalue weighted by molar-refractivity contribution is -0.137. The summed E-state index contributed by atoms with van der Waals surface area (Å²) in [7, 11) is 0. The van der Waals surface area contributed by atoms with Gasteiger partial charge in [0.25, 0.3) is 0 Å². The van der Waals surface area contributed by atoms with Gasteiger partial charge in [-0.15, -0.1) is 0 Å². The maximum atomic E-state index is 12.7. The Hall–Kier alpha value is -2.50. The highest BCUT2D eigenvalue weighted by molar-refractivity contribution is 5.64. The molecule has 102 valence electrons. The fourth-order valence-corrected chi connectivity index (χ4v) is 2.07. The van der Waals surface area contributed by atoms with E-state index in [9.17, 15) is 18.3 Å². The lowest BCUT2D eigenvalue weighted by Crippen LogP contribution is -2.04. The first kappa shape index (κ1) is 12.5. The zero-order valence-corrected chi connectivity index (χ0v) is 10.1. The highest BCUT2D eigenvalue weighted by Crippen LogP contribution is 2.32. The summed E-state index contributed by atoms with van der Waals surface area (Å²) in [6.07, 6.45) is -2.92. The molecule has 0 radical (unpaired) electrons. The summed E-state index contributed by atoms with van der Waals surface area (Å²) in [5, 5.41) is 9.83. The van der Waals surface area contributed by atoms with Crippen molar-refractivity contribution in [1.82, 2.24) is 9.38 Å². The number of alkyl halides is 3.